The van der Waals surface area contributed by atoms with Crippen LogP contribution in [0.5, 0.6) is 0 Å². The van der Waals surface area contributed by atoms with E-state index >= 15 is 4.79 Å². The van der Waals surface area contributed by atoms with Crippen molar-refractivity contribution in [3.05, 3.63) is 72.3 Å². The SMILES string of the molecule is CO[C@H](CO[Si](c1ccccc1)(c1ccccc1)C(C)(C)C)C(=O)N[C@H](CC(C)C)C(=O)N1[C@@H]2C[C@@H](O)C[C@@]3(OC(=O)N[C@H]3[C@@H]1C(=O)NCCC1=CCN(C(=O)OC(C)(C)C)C1)[C@H]2O. The summed E-state index contributed by atoms with van der Waals surface area (Å²) in [4.78, 5) is 72.5. The monoisotopic (exact) mass is 905 g/mol. The van der Waals surface area contributed by atoms with Crippen molar-refractivity contribution in [3.63, 3.8) is 0 Å². The van der Waals surface area contributed by atoms with Gasteiger partial charge in [0.25, 0.3) is 14.2 Å². The van der Waals surface area contributed by atoms with E-state index in [0.29, 0.717) is 19.5 Å². The summed E-state index contributed by atoms with van der Waals surface area (Å²) >= 11 is 0. The minimum absolute atomic E-state index is 0.106. The van der Waals surface area contributed by atoms with Crippen molar-refractivity contribution in [1.29, 1.82) is 0 Å². The van der Waals surface area contributed by atoms with Gasteiger partial charge >= 0.3 is 12.2 Å². The highest BCUT2D eigenvalue weighted by molar-refractivity contribution is 6.99. The average Bonchev–Trinajstić information content (AvgIpc) is 3.83. The maximum atomic E-state index is 15.2. The average molecular weight is 906 g/mol. The summed E-state index contributed by atoms with van der Waals surface area (Å²) in [6.07, 6.45) is -2.86. The fraction of sp³-hybridized carbons (Fsp3) is 0.596. The van der Waals surface area contributed by atoms with Crippen molar-refractivity contribution < 1.29 is 52.8 Å². The first kappa shape index (κ1) is 48.6. The van der Waals surface area contributed by atoms with Crippen LogP contribution in [-0.4, -0.2) is 145 Å². The zero-order chi connectivity index (χ0) is 46.8. The lowest BCUT2D eigenvalue weighted by atomic mass is 9.66. The predicted octanol–water partition coefficient (Wildman–Crippen LogP) is 2.73. The first-order valence-electron chi connectivity index (χ1n) is 22.3. The molecule has 1 saturated carbocycles. The molecule has 0 radical (unpaired) electrons. The van der Waals surface area contributed by atoms with Crippen LogP contribution in [0.3, 0.4) is 0 Å². The minimum atomic E-state index is -3.10. The quantitative estimate of drug-likeness (QED) is 0.130. The first-order valence-corrected chi connectivity index (χ1v) is 24.2. The van der Waals surface area contributed by atoms with E-state index in [1.807, 2.05) is 80.6 Å². The highest BCUT2D eigenvalue weighted by Crippen LogP contribution is 2.47. The van der Waals surface area contributed by atoms with Crippen molar-refractivity contribution in [2.75, 3.05) is 33.4 Å². The normalized spacial score (nSPS) is 25.4. The van der Waals surface area contributed by atoms with Crippen LogP contribution in [0.15, 0.2) is 72.3 Å². The number of alkyl carbamates (subject to hydrolysis) is 1. The van der Waals surface area contributed by atoms with E-state index in [1.165, 1.54) is 12.0 Å². The van der Waals surface area contributed by atoms with Crippen molar-refractivity contribution in [2.24, 2.45) is 5.92 Å². The molecular weight excluding hydrogens is 839 g/mol. The van der Waals surface area contributed by atoms with E-state index in [1.54, 1.807) is 25.7 Å². The Bertz CT molecular complexity index is 2000. The summed E-state index contributed by atoms with van der Waals surface area (Å²) in [5, 5.41) is 33.2. The van der Waals surface area contributed by atoms with Gasteiger partial charge in [0.15, 0.2) is 11.7 Å². The van der Waals surface area contributed by atoms with Crippen molar-refractivity contribution in [3.8, 4) is 0 Å². The van der Waals surface area contributed by atoms with Crippen LogP contribution in [0.4, 0.5) is 9.59 Å². The Labute approximate surface area is 377 Å². The van der Waals surface area contributed by atoms with E-state index < -0.39 is 91.9 Å². The molecule has 3 fully saturated rings. The number of aliphatic hydroxyl groups is 2. The second-order valence-electron chi connectivity index (χ2n) is 19.9. The van der Waals surface area contributed by atoms with Crippen LogP contribution >= 0.6 is 0 Å². The van der Waals surface area contributed by atoms with E-state index in [9.17, 15) is 29.4 Å². The number of methoxy groups -OCH3 is 1. The van der Waals surface area contributed by atoms with E-state index in [0.717, 1.165) is 15.9 Å². The van der Waals surface area contributed by atoms with Gasteiger partial charge in [-0.2, -0.15) is 0 Å². The Morgan fingerprint density at radius 2 is 1.61 bits per heavy atom. The summed E-state index contributed by atoms with van der Waals surface area (Å²) in [5.41, 5.74) is -1.45. The standard InChI is InChI=1S/C47H67N5O11Si/c1-29(2)24-34(49-40(55)36(60-9)28-61-64(46(6,7)8,32-16-12-10-13-17-32)33-18-14-11-15-19-33)42(57)52-35-25-31(53)26-47(39(35)54)38(50-43(58)62-47)37(52)41(56)48-22-20-30-21-23-51(27-30)44(59)63-45(3,4)5/h10-19,21,29,31,34-39,53-54H,20,22-28H2,1-9H3,(H,48,56)(H,49,55)(H,50,58)/t31-,34-,35-,36-,37-,38+,39+,47+/m1/s1. The van der Waals surface area contributed by atoms with Gasteiger partial charge in [0.1, 0.15) is 29.8 Å². The molecule has 3 heterocycles. The highest BCUT2D eigenvalue weighted by atomic mass is 28.4. The Balaban J connectivity index is 1.25. The van der Waals surface area contributed by atoms with Crippen molar-refractivity contribution >= 4 is 48.6 Å². The highest BCUT2D eigenvalue weighted by Gasteiger charge is 2.70. The van der Waals surface area contributed by atoms with Gasteiger partial charge in [0.2, 0.25) is 11.8 Å². The predicted molar refractivity (Wildman–Crippen MR) is 241 cm³/mol. The lowest BCUT2D eigenvalue weighted by Crippen LogP contribution is -2.80. The number of ether oxygens (including phenoxy) is 3. The number of carbonyl (C=O) groups excluding carboxylic acids is 5. The summed E-state index contributed by atoms with van der Waals surface area (Å²) in [6, 6.07) is 15.0. The second kappa shape index (κ2) is 19.3. The van der Waals surface area contributed by atoms with Gasteiger partial charge in [0.05, 0.1) is 18.8 Å². The molecule has 1 aliphatic carbocycles. The number of nitrogens with zero attached hydrogens (tertiary/aromatic N) is 2. The molecule has 17 heteroatoms. The fourth-order valence-electron chi connectivity index (χ4n) is 9.85. The molecule has 3 aliphatic heterocycles. The Hall–Kier alpha value is -4.81. The topological polar surface area (TPSA) is 205 Å². The number of hydrogen-bond donors (Lipinski definition) is 5. The summed E-state index contributed by atoms with van der Waals surface area (Å²) in [7, 11) is -1.69. The second-order valence-corrected chi connectivity index (χ2v) is 24.2. The lowest BCUT2D eigenvalue weighted by Gasteiger charge is -2.57. The molecule has 1 spiro atoms. The zero-order valence-corrected chi connectivity index (χ0v) is 39.6. The van der Waals surface area contributed by atoms with Gasteiger partial charge in [0, 0.05) is 33.2 Å². The molecule has 2 aromatic carbocycles. The summed E-state index contributed by atoms with van der Waals surface area (Å²) in [5.74, 6) is -2.04. The maximum Gasteiger partial charge on any atom is 0.410 e. The van der Waals surface area contributed by atoms with Gasteiger partial charge < -0.3 is 54.6 Å². The van der Waals surface area contributed by atoms with E-state index in [2.05, 4.69) is 36.7 Å². The number of carbonyl (C=O) groups is 5. The molecule has 8 atom stereocenters. The first-order chi connectivity index (χ1) is 30.1. The molecule has 0 unspecified atom stereocenters. The number of rotatable bonds is 15. The van der Waals surface area contributed by atoms with Crippen LogP contribution in [0, 0.1) is 5.92 Å². The third-order valence-corrected chi connectivity index (χ3v) is 17.7. The van der Waals surface area contributed by atoms with Gasteiger partial charge in [-0.1, -0.05) is 107 Å². The molecule has 5 N–H and O–H groups in total. The van der Waals surface area contributed by atoms with Crippen LogP contribution in [0.2, 0.25) is 5.04 Å². The number of likely N-dealkylation sites (tertiary alicyclic amines) is 1. The van der Waals surface area contributed by atoms with Gasteiger partial charge in [-0.25, -0.2) is 9.59 Å². The zero-order valence-electron chi connectivity index (χ0n) is 38.6. The number of piperidine rings is 1. The molecule has 0 aromatic heterocycles. The number of aliphatic hydroxyl groups excluding tert-OH is 2. The number of fused-ring (bicyclic) bond motifs is 1. The molecule has 5 amide bonds. The number of amides is 5. The van der Waals surface area contributed by atoms with Crippen LogP contribution in [0.1, 0.15) is 81.1 Å². The van der Waals surface area contributed by atoms with Crippen molar-refractivity contribution in [2.45, 2.75) is 140 Å². The molecule has 2 bridgehead atoms. The Morgan fingerprint density at radius 3 is 2.17 bits per heavy atom. The molecule has 350 valence electrons. The smallest absolute Gasteiger partial charge is 0.410 e. The number of nitrogens with one attached hydrogen (secondary N) is 3. The van der Waals surface area contributed by atoms with Crippen molar-refractivity contribution in [1.82, 2.24) is 25.8 Å². The fourth-order valence-corrected chi connectivity index (χ4v) is 14.4. The molecular formula is C47H67N5O11Si. The minimum Gasteiger partial charge on any atom is -0.444 e. The maximum absolute atomic E-state index is 15.2. The van der Waals surface area contributed by atoms with Gasteiger partial charge in [-0.3, -0.25) is 14.4 Å². The van der Waals surface area contributed by atoms with Crippen LogP contribution in [-0.2, 0) is 33.0 Å². The summed E-state index contributed by atoms with van der Waals surface area (Å²) in [6.45, 7) is 16.2. The molecule has 16 nitrogen and oxygen atoms in total. The molecule has 64 heavy (non-hydrogen) atoms. The Kier molecular flexibility index (Phi) is 14.7. The molecule has 2 saturated heterocycles. The van der Waals surface area contributed by atoms with Gasteiger partial charge in [-0.15, -0.1) is 0 Å². The number of benzene rings is 2. The molecule has 2 aromatic rings. The van der Waals surface area contributed by atoms with E-state index in [4.69, 9.17) is 18.6 Å². The van der Waals surface area contributed by atoms with E-state index in [-0.39, 0.29) is 43.4 Å². The van der Waals surface area contributed by atoms with Crippen LogP contribution < -0.4 is 26.3 Å². The van der Waals surface area contributed by atoms with Gasteiger partial charge in [-0.05, 0) is 61.4 Å². The lowest BCUT2D eigenvalue weighted by molar-refractivity contribution is -0.205. The number of hydrogen-bond acceptors (Lipinski definition) is 11. The third kappa shape index (κ3) is 10.0. The third-order valence-electron chi connectivity index (χ3n) is 12.7. The molecule has 4 aliphatic rings. The summed E-state index contributed by atoms with van der Waals surface area (Å²) < 4.78 is 24.1. The van der Waals surface area contributed by atoms with Crippen LogP contribution in [0.25, 0.3) is 0 Å². The Morgan fingerprint density at radius 1 is 0.984 bits per heavy atom. The largest absolute Gasteiger partial charge is 0.444 e. The molecule has 6 rings (SSSR count).